The van der Waals surface area contributed by atoms with Gasteiger partial charge in [-0.1, -0.05) is 18.2 Å². The molecule has 0 atom stereocenters. The van der Waals surface area contributed by atoms with Crippen LogP contribution >= 0.6 is 0 Å². The quantitative estimate of drug-likeness (QED) is 0.573. The maximum Gasteiger partial charge on any atom is 0.330 e. The van der Waals surface area contributed by atoms with Gasteiger partial charge in [0.2, 0.25) is 5.82 Å². The van der Waals surface area contributed by atoms with Crippen molar-refractivity contribution >= 4 is 22.5 Å². The van der Waals surface area contributed by atoms with E-state index in [1.807, 2.05) is 24.3 Å². The number of fused-ring (bicyclic) bond motifs is 1. The lowest BCUT2D eigenvalue weighted by molar-refractivity contribution is -0.384. The van der Waals surface area contributed by atoms with E-state index in [-0.39, 0.29) is 11.5 Å². The Kier molecular flexibility index (Phi) is 2.45. The number of hydrogen-bond donors (Lipinski definition) is 1. The lowest BCUT2D eigenvalue weighted by Crippen LogP contribution is -2.06. The second-order valence-corrected chi connectivity index (χ2v) is 4.09. The molecular weight excluding hydrogens is 248 g/mol. The van der Waals surface area contributed by atoms with Gasteiger partial charge in [-0.25, -0.2) is 4.68 Å². The van der Waals surface area contributed by atoms with Gasteiger partial charge in [0, 0.05) is 10.9 Å². The molecule has 2 N–H and O–H groups in total. The van der Waals surface area contributed by atoms with Crippen LogP contribution in [-0.4, -0.2) is 14.7 Å². The van der Waals surface area contributed by atoms with Gasteiger partial charge < -0.3 is 10.2 Å². The first-order valence-corrected chi connectivity index (χ1v) is 5.57. The summed E-state index contributed by atoms with van der Waals surface area (Å²) in [5.74, 6) is 0.0373. The third-order valence-electron chi connectivity index (χ3n) is 2.94. The predicted octanol–water partition coefficient (Wildman–Crippen LogP) is 2.17. The van der Waals surface area contributed by atoms with Gasteiger partial charge in [0.05, 0.1) is 17.7 Å². The van der Waals surface area contributed by atoms with Gasteiger partial charge in [-0.15, -0.1) is 0 Å². The number of para-hydroxylation sites is 1. The van der Waals surface area contributed by atoms with Crippen LogP contribution in [0.1, 0.15) is 5.56 Å². The number of nitrogens with two attached hydrogens (primary N) is 1. The zero-order valence-electron chi connectivity index (χ0n) is 9.81. The largest absolute Gasteiger partial charge is 0.464 e. The number of benzene rings is 1. The fraction of sp³-hybridized carbons (Fsp3) is 0.0833. The summed E-state index contributed by atoms with van der Waals surface area (Å²) in [6.45, 7) is 0.330. The van der Waals surface area contributed by atoms with E-state index in [1.54, 1.807) is 6.26 Å². The van der Waals surface area contributed by atoms with E-state index in [0.717, 1.165) is 22.7 Å². The molecule has 2 heterocycles. The summed E-state index contributed by atoms with van der Waals surface area (Å²) in [5.41, 5.74) is 7.14. The molecule has 0 aliphatic carbocycles. The molecule has 96 valence electrons. The van der Waals surface area contributed by atoms with E-state index in [1.165, 1.54) is 4.68 Å². The lowest BCUT2D eigenvalue weighted by Gasteiger charge is -2.01. The summed E-state index contributed by atoms with van der Waals surface area (Å²) in [6, 6.07) is 7.55. The van der Waals surface area contributed by atoms with Gasteiger partial charge in [0.15, 0.2) is 0 Å². The molecule has 0 radical (unpaired) electrons. The lowest BCUT2D eigenvalue weighted by atomic mass is 10.2. The van der Waals surface area contributed by atoms with Crippen molar-refractivity contribution in [3.63, 3.8) is 0 Å². The number of nitrogen functional groups attached to an aromatic ring is 1. The first-order valence-electron chi connectivity index (χ1n) is 5.57. The Morgan fingerprint density at radius 2 is 2.21 bits per heavy atom. The van der Waals surface area contributed by atoms with Crippen LogP contribution in [0.4, 0.5) is 11.5 Å². The van der Waals surface area contributed by atoms with Crippen molar-refractivity contribution in [2.45, 2.75) is 6.54 Å². The zero-order valence-corrected chi connectivity index (χ0v) is 9.81. The SMILES string of the molecule is Nc1c([N+](=O)[O-])cnn1Cc1coc2ccccc12. The highest BCUT2D eigenvalue weighted by Crippen LogP contribution is 2.25. The molecule has 19 heavy (non-hydrogen) atoms. The molecule has 0 aliphatic rings. The van der Waals surface area contributed by atoms with Gasteiger partial charge in [0.25, 0.3) is 0 Å². The Labute approximate surface area is 107 Å². The molecule has 0 fully saturated rings. The Morgan fingerprint density at radius 3 is 2.95 bits per heavy atom. The molecule has 0 aliphatic heterocycles. The minimum Gasteiger partial charge on any atom is -0.464 e. The van der Waals surface area contributed by atoms with Crippen molar-refractivity contribution in [1.82, 2.24) is 9.78 Å². The van der Waals surface area contributed by atoms with Crippen molar-refractivity contribution in [3.05, 3.63) is 52.4 Å². The van der Waals surface area contributed by atoms with E-state index in [9.17, 15) is 10.1 Å². The molecule has 7 heteroatoms. The van der Waals surface area contributed by atoms with E-state index in [4.69, 9.17) is 10.2 Å². The molecule has 0 saturated heterocycles. The Morgan fingerprint density at radius 1 is 1.42 bits per heavy atom. The van der Waals surface area contributed by atoms with E-state index in [2.05, 4.69) is 5.10 Å². The van der Waals surface area contributed by atoms with E-state index in [0.29, 0.717) is 6.54 Å². The highest BCUT2D eigenvalue weighted by atomic mass is 16.6. The molecule has 0 unspecified atom stereocenters. The Hall–Kier alpha value is -2.83. The first kappa shape index (κ1) is 11.3. The maximum atomic E-state index is 10.7. The van der Waals surface area contributed by atoms with Crippen LogP contribution in [0, 0.1) is 10.1 Å². The van der Waals surface area contributed by atoms with Gasteiger partial charge in [-0.3, -0.25) is 10.1 Å². The zero-order chi connectivity index (χ0) is 13.4. The normalized spacial score (nSPS) is 10.9. The number of furan rings is 1. The topological polar surface area (TPSA) is 100 Å². The van der Waals surface area contributed by atoms with Crippen LogP contribution in [0.15, 0.2) is 41.1 Å². The van der Waals surface area contributed by atoms with Gasteiger partial charge in [-0.2, -0.15) is 5.10 Å². The number of rotatable bonds is 3. The average molecular weight is 258 g/mol. The number of anilines is 1. The number of nitrogens with zero attached hydrogens (tertiary/aromatic N) is 3. The highest BCUT2D eigenvalue weighted by molar-refractivity contribution is 5.80. The summed E-state index contributed by atoms with van der Waals surface area (Å²) in [4.78, 5) is 10.2. The molecule has 7 nitrogen and oxygen atoms in total. The standard InChI is InChI=1S/C12H10N4O3/c13-12-10(16(17)18)5-14-15(12)6-8-7-19-11-4-2-1-3-9(8)11/h1-5,7H,6,13H2. The summed E-state index contributed by atoms with van der Waals surface area (Å²) in [6.07, 6.45) is 2.76. The van der Waals surface area contributed by atoms with Crippen molar-refractivity contribution in [2.24, 2.45) is 0 Å². The van der Waals surface area contributed by atoms with Gasteiger partial charge >= 0.3 is 5.69 Å². The average Bonchev–Trinajstić information content (AvgIpc) is 2.96. The van der Waals surface area contributed by atoms with Crippen molar-refractivity contribution in [2.75, 3.05) is 5.73 Å². The van der Waals surface area contributed by atoms with Crippen LogP contribution in [0.25, 0.3) is 11.0 Å². The predicted molar refractivity (Wildman–Crippen MR) is 68.6 cm³/mol. The van der Waals surface area contributed by atoms with Crippen molar-refractivity contribution in [1.29, 1.82) is 0 Å². The van der Waals surface area contributed by atoms with Crippen LogP contribution in [-0.2, 0) is 6.54 Å². The molecule has 0 bridgehead atoms. The van der Waals surface area contributed by atoms with Gasteiger partial charge in [0.1, 0.15) is 11.8 Å². The number of hydrogen-bond acceptors (Lipinski definition) is 5. The van der Waals surface area contributed by atoms with Gasteiger partial charge in [-0.05, 0) is 6.07 Å². The monoisotopic (exact) mass is 258 g/mol. The van der Waals surface area contributed by atoms with Crippen LogP contribution < -0.4 is 5.73 Å². The van der Waals surface area contributed by atoms with Crippen molar-refractivity contribution in [3.8, 4) is 0 Å². The fourth-order valence-corrected chi connectivity index (χ4v) is 1.97. The van der Waals surface area contributed by atoms with Crippen LogP contribution in [0.2, 0.25) is 0 Å². The molecule has 1 aromatic carbocycles. The molecule has 0 saturated carbocycles. The van der Waals surface area contributed by atoms with Crippen molar-refractivity contribution < 1.29 is 9.34 Å². The van der Waals surface area contributed by atoms with Crippen LogP contribution in [0.5, 0.6) is 0 Å². The summed E-state index contributed by atoms with van der Waals surface area (Å²) >= 11 is 0. The number of aromatic nitrogens is 2. The second kappa shape index (κ2) is 4.13. The third kappa shape index (κ3) is 1.81. The maximum absolute atomic E-state index is 10.7. The Balaban J connectivity index is 1.99. The fourth-order valence-electron chi connectivity index (χ4n) is 1.97. The summed E-state index contributed by atoms with van der Waals surface area (Å²) in [5, 5.41) is 15.6. The minimum atomic E-state index is -0.549. The molecule has 0 amide bonds. The van der Waals surface area contributed by atoms with E-state index < -0.39 is 4.92 Å². The summed E-state index contributed by atoms with van der Waals surface area (Å²) < 4.78 is 6.78. The van der Waals surface area contributed by atoms with Crippen LogP contribution in [0.3, 0.4) is 0 Å². The first-order chi connectivity index (χ1) is 9.16. The Bertz CT molecular complexity index is 759. The molecule has 3 aromatic rings. The molecule has 3 rings (SSSR count). The molecular formula is C12H10N4O3. The molecule has 2 aromatic heterocycles. The molecule has 0 spiro atoms. The summed E-state index contributed by atoms with van der Waals surface area (Å²) in [7, 11) is 0. The second-order valence-electron chi connectivity index (χ2n) is 4.09. The highest BCUT2D eigenvalue weighted by Gasteiger charge is 2.18. The third-order valence-corrected chi connectivity index (χ3v) is 2.94. The smallest absolute Gasteiger partial charge is 0.330 e. The number of nitro groups is 1. The van der Waals surface area contributed by atoms with E-state index >= 15 is 0 Å². The minimum absolute atomic E-state index is 0.0373.